The van der Waals surface area contributed by atoms with Crippen molar-refractivity contribution in [3.8, 4) is 0 Å². The highest BCUT2D eigenvalue weighted by Gasteiger charge is 2.25. The third-order valence-corrected chi connectivity index (χ3v) is 4.26. The van der Waals surface area contributed by atoms with E-state index >= 15 is 0 Å². The lowest BCUT2D eigenvalue weighted by Crippen LogP contribution is -2.41. The van der Waals surface area contributed by atoms with Crippen LogP contribution in [0.25, 0.3) is 0 Å². The highest BCUT2D eigenvalue weighted by Crippen LogP contribution is 2.18. The largest absolute Gasteiger partial charge is 0.329 e. The summed E-state index contributed by atoms with van der Waals surface area (Å²) in [4.78, 5) is 0. The molecule has 2 N–H and O–H groups in total. The molecule has 5 heteroatoms. The molecule has 1 atom stereocenters. The molecule has 78 valence electrons. The Morgan fingerprint density at radius 3 is 2.77 bits per heavy atom. The van der Waals surface area contributed by atoms with E-state index in [-0.39, 0.29) is 12.3 Å². The molecule has 1 aliphatic rings. The van der Waals surface area contributed by atoms with Crippen molar-refractivity contribution in [2.24, 2.45) is 11.7 Å². The molecule has 0 saturated carbocycles. The van der Waals surface area contributed by atoms with Gasteiger partial charge in [-0.25, -0.2) is 12.7 Å². The van der Waals surface area contributed by atoms with Crippen molar-refractivity contribution in [2.45, 2.75) is 19.8 Å². The number of rotatable bonds is 3. The molecule has 0 radical (unpaired) electrons. The van der Waals surface area contributed by atoms with Gasteiger partial charge in [-0.2, -0.15) is 0 Å². The molecule has 0 spiro atoms. The van der Waals surface area contributed by atoms with Crippen molar-refractivity contribution in [3.05, 3.63) is 0 Å². The molecule has 1 rings (SSSR count). The first kappa shape index (κ1) is 10.9. The highest BCUT2D eigenvalue weighted by atomic mass is 32.2. The number of sulfonamides is 1. The standard InChI is InChI=1S/C8H18N2O2S/c1-8-3-2-5-10(7-8)13(11,12)6-4-9/h8H,2-7,9H2,1H3. The molecular formula is C8H18N2O2S. The molecular weight excluding hydrogens is 188 g/mol. The van der Waals surface area contributed by atoms with E-state index in [9.17, 15) is 8.42 Å². The number of piperidine rings is 1. The fourth-order valence-corrected chi connectivity index (χ4v) is 3.12. The Morgan fingerprint density at radius 2 is 2.23 bits per heavy atom. The van der Waals surface area contributed by atoms with E-state index in [2.05, 4.69) is 6.92 Å². The van der Waals surface area contributed by atoms with Crippen LogP contribution < -0.4 is 5.73 Å². The maximum absolute atomic E-state index is 11.6. The summed E-state index contributed by atoms with van der Waals surface area (Å²) in [5.41, 5.74) is 5.25. The van der Waals surface area contributed by atoms with Crippen LogP contribution in [0.2, 0.25) is 0 Å². The second-order valence-corrected chi connectivity index (χ2v) is 5.80. The van der Waals surface area contributed by atoms with E-state index in [1.165, 1.54) is 0 Å². The van der Waals surface area contributed by atoms with Gasteiger partial charge in [0.2, 0.25) is 10.0 Å². The molecule has 0 aliphatic carbocycles. The van der Waals surface area contributed by atoms with Crippen molar-refractivity contribution in [2.75, 3.05) is 25.4 Å². The number of nitrogens with zero attached hydrogens (tertiary/aromatic N) is 1. The molecule has 1 saturated heterocycles. The van der Waals surface area contributed by atoms with Gasteiger partial charge in [-0.15, -0.1) is 0 Å². The van der Waals surface area contributed by atoms with Crippen molar-refractivity contribution >= 4 is 10.0 Å². The Balaban J connectivity index is 2.60. The van der Waals surface area contributed by atoms with Crippen LogP contribution >= 0.6 is 0 Å². The van der Waals surface area contributed by atoms with Gasteiger partial charge in [0, 0.05) is 19.6 Å². The molecule has 0 aromatic heterocycles. The van der Waals surface area contributed by atoms with Gasteiger partial charge in [-0.05, 0) is 18.8 Å². The average molecular weight is 206 g/mol. The molecule has 1 heterocycles. The molecule has 13 heavy (non-hydrogen) atoms. The Morgan fingerprint density at radius 1 is 1.54 bits per heavy atom. The zero-order valence-electron chi connectivity index (χ0n) is 8.07. The second kappa shape index (κ2) is 4.39. The lowest BCUT2D eigenvalue weighted by molar-refractivity contribution is 0.281. The van der Waals surface area contributed by atoms with Crippen LogP contribution in [0.15, 0.2) is 0 Å². The van der Waals surface area contributed by atoms with Crippen molar-refractivity contribution in [3.63, 3.8) is 0 Å². The van der Waals surface area contributed by atoms with Crippen molar-refractivity contribution < 1.29 is 8.42 Å². The predicted molar refractivity (Wildman–Crippen MR) is 52.8 cm³/mol. The summed E-state index contributed by atoms with van der Waals surface area (Å²) < 4.78 is 24.7. The van der Waals surface area contributed by atoms with Gasteiger partial charge in [0.15, 0.2) is 0 Å². The normalized spacial score (nSPS) is 26.2. The first-order valence-electron chi connectivity index (χ1n) is 4.74. The van der Waals surface area contributed by atoms with Gasteiger partial charge in [-0.3, -0.25) is 0 Å². The molecule has 1 fully saturated rings. The van der Waals surface area contributed by atoms with Gasteiger partial charge < -0.3 is 5.73 Å². The Labute approximate surface area is 80.1 Å². The van der Waals surface area contributed by atoms with Gasteiger partial charge in [0.25, 0.3) is 0 Å². The van der Waals surface area contributed by atoms with E-state index < -0.39 is 10.0 Å². The molecule has 4 nitrogen and oxygen atoms in total. The smallest absolute Gasteiger partial charge is 0.215 e. The summed E-state index contributed by atoms with van der Waals surface area (Å²) in [5.74, 6) is 0.570. The third kappa shape index (κ3) is 2.93. The van der Waals surface area contributed by atoms with Crippen LogP contribution in [0.1, 0.15) is 19.8 Å². The van der Waals surface area contributed by atoms with Crippen LogP contribution in [0.4, 0.5) is 0 Å². The Hall–Kier alpha value is -0.130. The zero-order valence-corrected chi connectivity index (χ0v) is 8.89. The maximum Gasteiger partial charge on any atom is 0.215 e. The third-order valence-electron chi connectivity index (χ3n) is 2.39. The summed E-state index contributed by atoms with van der Waals surface area (Å²) in [6.45, 7) is 3.65. The average Bonchev–Trinajstić information content (AvgIpc) is 2.04. The Kier molecular flexibility index (Phi) is 3.70. The minimum atomic E-state index is -3.06. The van der Waals surface area contributed by atoms with Gasteiger partial charge in [-0.1, -0.05) is 6.92 Å². The monoisotopic (exact) mass is 206 g/mol. The lowest BCUT2D eigenvalue weighted by atomic mass is 10.0. The first-order chi connectivity index (χ1) is 6.06. The minimum absolute atomic E-state index is 0.0831. The fourth-order valence-electron chi connectivity index (χ4n) is 1.68. The molecule has 0 amide bonds. The minimum Gasteiger partial charge on any atom is -0.329 e. The van der Waals surface area contributed by atoms with E-state index in [1.54, 1.807) is 4.31 Å². The quantitative estimate of drug-likeness (QED) is 0.707. The predicted octanol–water partition coefficient (Wildman–Crippen LogP) is 0.00680. The number of nitrogens with two attached hydrogens (primary N) is 1. The summed E-state index contributed by atoms with van der Waals surface area (Å²) in [5, 5.41) is 0. The summed E-state index contributed by atoms with van der Waals surface area (Å²) >= 11 is 0. The van der Waals surface area contributed by atoms with E-state index in [0.717, 1.165) is 12.8 Å². The fraction of sp³-hybridized carbons (Fsp3) is 1.00. The SMILES string of the molecule is CC1CCCN(S(=O)(=O)CCN)C1. The highest BCUT2D eigenvalue weighted by molar-refractivity contribution is 7.89. The van der Waals surface area contributed by atoms with E-state index in [1.807, 2.05) is 0 Å². The molecule has 1 unspecified atom stereocenters. The molecule has 0 aromatic rings. The topological polar surface area (TPSA) is 63.4 Å². The summed E-state index contributed by atoms with van der Waals surface area (Å²) in [7, 11) is -3.06. The summed E-state index contributed by atoms with van der Waals surface area (Å²) in [6.07, 6.45) is 2.11. The lowest BCUT2D eigenvalue weighted by Gasteiger charge is -2.29. The van der Waals surface area contributed by atoms with Crippen LogP contribution in [0.5, 0.6) is 0 Å². The number of hydrogen-bond acceptors (Lipinski definition) is 3. The van der Waals surface area contributed by atoms with Crippen LogP contribution in [-0.2, 0) is 10.0 Å². The van der Waals surface area contributed by atoms with Gasteiger partial charge >= 0.3 is 0 Å². The van der Waals surface area contributed by atoms with Crippen LogP contribution in [0.3, 0.4) is 0 Å². The molecule has 0 aromatic carbocycles. The second-order valence-electron chi connectivity index (χ2n) is 3.71. The van der Waals surface area contributed by atoms with Crippen molar-refractivity contribution in [1.82, 2.24) is 4.31 Å². The summed E-state index contributed by atoms with van der Waals surface area (Å²) in [6, 6.07) is 0. The molecule has 1 aliphatic heterocycles. The number of hydrogen-bond donors (Lipinski definition) is 1. The zero-order chi connectivity index (χ0) is 9.90. The van der Waals surface area contributed by atoms with E-state index in [0.29, 0.717) is 19.0 Å². The van der Waals surface area contributed by atoms with E-state index in [4.69, 9.17) is 5.73 Å². The maximum atomic E-state index is 11.6. The Bertz CT molecular complexity index is 251. The van der Waals surface area contributed by atoms with Gasteiger partial charge in [0.05, 0.1) is 5.75 Å². The van der Waals surface area contributed by atoms with Crippen LogP contribution in [-0.4, -0.2) is 38.1 Å². The van der Waals surface area contributed by atoms with Crippen LogP contribution in [0, 0.1) is 5.92 Å². The van der Waals surface area contributed by atoms with Crippen molar-refractivity contribution in [1.29, 1.82) is 0 Å². The first-order valence-corrected chi connectivity index (χ1v) is 6.35. The van der Waals surface area contributed by atoms with Gasteiger partial charge in [0.1, 0.15) is 0 Å². The molecule has 0 bridgehead atoms.